The third-order valence-electron chi connectivity index (χ3n) is 13.9. The maximum atomic E-state index is 6.76. The predicted molar refractivity (Wildman–Crippen MR) is 260 cm³/mol. The quantitative estimate of drug-likeness (QED) is 0.162. The van der Waals surface area contributed by atoms with Gasteiger partial charge in [0.05, 0.1) is 28.0 Å². The Morgan fingerprint density at radius 1 is 0.516 bits per heavy atom. The molecule has 4 aliphatic rings. The summed E-state index contributed by atoms with van der Waals surface area (Å²) in [5.41, 5.74) is 15.1. The fourth-order valence-electron chi connectivity index (χ4n) is 11.2. The molecule has 0 saturated carbocycles. The maximum Gasteiger partial charge on any atom is 0.160 e. The number of pyridine rings is 1. The summed E-state index contributed by atoms with van der Waals surface area (Å²) in [4.78, 5) is 16.1. The van der Waals surface area contributed by atoms with Crippen molar-refractivity contribution in [2.45, 2.75) is 24.2 Å². The van der Waals surface area contributed by atoms with Crippen molar-refractivity contribution >= 4 is 21.7 Å². The molecular weight excluding hydrogens is 779 g/mol. The summed E-state index contributed by atoms with van der Waals surface area (Å²) in [6, 6.07) is 62.6. The minimum Gasteiger partial charge on any atom is -0.457 e. The Balaban J connectivity index is 1.09. The molecule has 3 heterocycles. The summed E-state index contributed by atoms with van der Waals surface area (Å²) < 4.78 is 6.76. The highest BCUT2D eigenvalue weighted by molar-refractivity contribution is 6.14. The van der Waals surface area contributed by atoms with E-state index in [1.807, 2.05) is 6.07 Å². The van der Waals surface area contributed by atoms with Gasteiger partial charge < -0.3 is 4.74 Å². The van der Waals surface area contributed by atoms with Crippen LogP contribution in [0.25, 0.3) is 78.0 Å². The van der Waals surface area contributed by atoms with Crippen LogP contribution >= 0.6 is 0 Å². The predicted octanol–water partition coefficient (Wildman–Crippen LogP) is 14.6. The molecule has 0 bridgehead atoms. The van der Waals surface area contributed by atoms with Crippen LogP contribution in [-0.2, 0) is 5.41 Å². The van der Waals surface area contributed by atoms with Crippen LogP contribution in [0.2, 0.25) is 0 Å². The van der Waals surface area contributed by atoms with Gasteiger partial charge >= 0.3 is 0 Å². The van der Waals surface area contributed by atoms with E-state index >= 15 is 0 Å². The molecule has 3 unspecified atom stereocenters. The zero-order valence-electron chi connectivity index (χ0n) is 35.0. The first-order valence-corrected chi connectivity index (χ1v) is 22.3. The highest BCUT2D eigenvalue weighted by Gasteiger charge is 2.58. The number of fused-ring (bicyclic) bond motifs is 12. The Hall–Kier alpha value is -7.95. The van der Waals surface area contributed by atoms with Crippen molar-refractivity contribution in [1.82, 2.24) is 15.0 Å². The average Bonchev–Trinajstić information content (AvgIpc) is 3.67. The molecule has 0 fully saturated rings. The summed E-state index contributed by atoms with van der Waals surface area (Å²) in [5.74, 6) is 2.91. The molecule has 0 N–H and O–H groups in total. The number of aromatic nitrogens is 3. The molecule has 1 aliphatic heterocycles. The van der Waals surface area contributed by atoms with E-state index < -0.39 is 5.41 Å². The first-order chi connectivity index (χ1) is 31.7. The highest BCUT2D eigenvalue weighted by Crippen LogP contribution is 2.66. The first kappa shape index (κ1) is 36.7. The molecule has 9 aromatic rings. The van der Waals surface area contributed by atoms with Crippen molar-refractivity contribution in [3.8, 4) is 62.0 Å². The summed E-state index contributed by atoms with van der Waals surface area (Å²) >= 11 is 0. The van der Waals surface area contributed by atoms with E-state index in [2.05, 4.69) is 206 Å². The summed E-state index contributed by atoms with van der Waals surface area (Å²) in [6.45, 7) is 0. The molecule has 7 aromatic carbocycles. The highest BCUT2D eigenvalue weighted by atomic mass is 16.5. The van der Waals surface area contributed by atoms with E-state index in [0.29, 0.717) is 5.82 Å². The number of benzene rings is 7. The van der Waals surface area contributed by atoms with Gasteiger partial charge in [-0.25, -0.2) is 15.0 Å². The Kier molecular flexibility index (Phi) is 8.35. The van der Waals surface area contributed by atoms with Crippen LogP contribution in [0.1, 0.15) is 35.4 Å². The molecule has 3 aliphatic carbocycles. The lowest BCUT2D eigenvalue weighted by atomic mass is 9.60. The molecule has 0 amide bonds. The molecule has 4 heteroatoms. The molecule has 1 spiro atoms. The van der Waals surface area contributed by atoms with Crippen molar-refractivity contribution in [2.24, 2.45) is 5.92 Å². The fourth-order valence-corrected chi connectivity index (χ4v) is 11.2. The van der Waals surface area contributed by atoms with E-state index in [9.17, 15) is 0 Å². The van der Waals surface area contributed by atoms with Gasteiger partial charge in [0.25, 0.3) is 0 Å². The van der Waals surface area contributed by atoms with Gasteiger partial charge in [-0.05, 0) is 82.5 Å². The molecule has 3 atom stereocenters. The number of ether oxygens (including phenoxy) is 1. The molecule has 13 rings (SSSR count). The van der Waals surface area contributed by atoms with Crippen LogP contribution < -0.4 is 4.74 Å². The van der Waals surface area contributed by atoms with Crippen molar-refractivity contribution in [3.63, 3.8) is 0 Å². The van der Waals surface area contributed by atoms with E-state index in [1.54, 1.807) is 0 Å². The van der Waals surface area contributed by atoms with E-state index in [4.69, 9.17) is 19.7 Å². The van der Waals surface area contributed by atoms with Crippen molar-refractivity contribution in [1.29, 1.82) is 0 Å². The second kappa shape index (κ2) is 14.6. The monoisotopic (exact) mass is 819 g/mol. The van der Waals surface area contributed by atoms with Crippen molar-refractivity contribution in [3.05, 3.63) is 240 Å². The normalized spacial score (nSPS) is 19.1. The van der Waals surface area contributed by atoms with Gasteiger partial charge in [-0.3, -0.25) is 0 Å². The lowest BCUT2D eigenvalue weighted by Crippen LogP contribution is -2.40. The third-order valence-corrected chi connectivity index (χ3v) is 13.9. The van der Waals surface area contributed by atoms with Crippen LogP contribution in [0.15, 0.2) is 224 Å². The Morgan fingerprint density at radius 2 is 1.22 bits per heavy atom. The second-order valence-electron chi connectivity index (χ2n) is 17.3. The average molecular weight is 820 g/mol. The van der Waals surface area contributed by atoms with Gasteiger partial charge in [0.1, 0.15) is 11.5 Å². The van der Waals surface area contributed by atoms with Gasteiger partial charge in [-0.15, -0.1) is 0 Å². The van der Waals surface area contributed by atoms with Crippen LogP contribution in [-0.4, -0.2) is 15.0 Å². The number of hydrogen-bond acceptors (Lipinski definition) is 4. The van der Waals surface area contributed by atoms with E-state index in [-0.39, 0.29) is 11.8 Å². The second-order valence-corrected chi connectivity index (χ2v) is 17.3. The molecule has 2 aromatic heterocycles. The number of rotatable bonds is 5. The number of hydrogen-bond donors (Lipinski definition) is 0. The number of nitrogens with zero attached hydrogens (tertiary/aromatic N) is 3. The molecule has 0 saturated heterocycles. The third kappa shape index (κ3) is 5.58. The van der Waals surface area contributed by atoms with Crippen LogP contribution in [0, 0.1) is 5.92 Å². The molecule has 64 heavy (non-hydrogen) atoms. The van der Waals surface area contributed by atoms with E-state index in [0.717, 1.165) is 91.1 Å². The van der Waals surface area contributed by atoms with Gasteiger partial charge in [0.2, 0.25) is 0 Å². The standard InChI is InChI=1S/C60H41N3O/c1-4-17-38(18-5-1)41-23-16-24-43(35-41)59-62-52(39-19-6-2-7-20-39)37-53(63-59)42-31-34-51-46(36-42)56-45(58(61-51)40-21-8-3-9-22-40)32-33-50-57(56)44-25-10-11-26-47(44)60(50)48-27-12-14-29-54(48)64-55-30-15-13-28-49(55)60/h1-12,14-27,29-37,44,47H,13,28H2. The van der Waals surface area contributed by atoms with Gasteiger partial charge in [-0.1, -0.05) is 176 Å². The van der Waals surface area contributed by atoms with Gasteiger partial charge in [0, 0.05) is 50.4 Å². The summed E-state index contributed by atoms with van der Waals surface area (Å²) in [7, 11) is 0. The van der Waals surface area contributed by atoms with Crippen LogP contribution in [0.5, 0.6) is 5.75 Å². The number of allylic oxidation sites excluding steroid dienone is 7. The SMILES string of the molecule is C1=CC2c3c(ccc4c(-c5ccccc5)nc5ccc(-c6cc(-c7ccccc7)nc(-c7cccc(-c8ccccc8)c7)n6)cc5c34)C3(C4=C(C=CCC4)Oc4ccccc43)C2C=C1. The molecule has 4 nitrogen and oxygen atoms in total. The smallest absolute Gasteiger partial charge is 0.160 e. The van der Waals surface area contributed by atoms with Gasteiger partial charge in [0.15, 0.2) is 5.82 Å². The van der Waals surface area contributed by atoms with Crippen molar-refractivity contribution < 1.29 is 4.74 Å². The van der Waals surface area contributed by atoms with Gasteiger partial charge in [-0.2, -0.15) is 0 Å². The Morgan fingerprint density at radius 3 is 2.05 bits per heavy atom. The van der Waals surface area contributed by atoms with Crippen LogP contribution in [0.3, 0.4) is 0 Å². The van der Waals surface area contributed by atoms with E-state index in [1.165, 1.54) is 27.6 Å². The Bertz CT molecular complexity index is 3480. The fraction of sp³-hybridized carbons (Fsp3) is 0.0833. The zero-order valence-corrected chi connectivity index (χ0v) is 35.0. The summed E-state index contributed by atoms with van der Waals surface area (Å²) in [6.07, 6.45) is 15.8. The number of para-hydroxylation sites is 1. The largest absolute Gasteiger partial charge is 0.457 e. The lowest BCUT2D eigenvalue weighted by Gasteiger charge is -2.45. The van der Waals surface area contributed by atoms with Crippen molar-refractivity contribution in [2.75, 3.05) is 0 Å². The molecule has 0 radical (unpaired) electrons. The molecule has 302 valence electrons. The Labute approximate surface area is 372 Å². The minimum absolute atomic E-state index is 0.125. The lowest BCUT2D eigenvalue weighted by molar-refractivity contribution is 0.337. The first-order valence-electron chi connectivity index (χ1n) is 22.3. The topological polar surface area (TPSA) is 47.9 Å². The zero-order chi connectivity index (χ0) is 42.2. The summed E-state index contributed by atoms with van der Waals surface area (Å²) in [5, 5.41) is 3.52. The minimum atomic E-state index is -0.398. The van der Waals surface area contributed by atoms with Crippen LogP contribution in [0.4, 0.5) is 0 Å². The molecular formula is C60H41N3O. The maximum absolute atomic E-state index is 6.76.